The topological polar surface area (TPSA) is 57.5 Å². The molecule has 0 aliphatic rings. The minimum Gasteiger partial charge on any atom is -0.309 e. The first-order valence-electron chi connectivity index (χ1n) is 14.7. The van der Waals surface area contributed by atoms with Crippen molar-refractivity contribution in [1.29, 1.82) is 10.7 Å². The molecule has 0 fully saturated rings. The Kier molecular flexibility index (Phi) is 5.08. The van der Waals surface area contributed by atoms with Gasteiger partial charge in [-0.15, -0.1) is 0 Å². The molecule has 0 amide bonds. The van der Waals surface area contributed by atoms with Gasteiger partial charge in [-0.1, -0.05) is 97.1 Å². The van der Waals surface area contributed by atoms with Gasteiger partial charge in [0.05, 0.1) is 39.0 Å². The van der Waals surface area contributed by atoms with Crippen molar-refractivity contribution in [3.05, 3.63) is 145 Å². The molecule has 0 saturated carbocycles. The zero-order valence-corrected chi connectivity index (χ0v) is 23.6. The van der Waals surface area contributed by atoms with Crippen LogP contribution in [0.2, 0.25) is 0 Å². The van der Waals surface area contributed by atoms with Gasteiger partial charge in [-0.05, 0) is 57.9 Å². The molecular weight excluding hydrogens is 536 g/mol. The largest absolute Gasteiger partial charge is 0.309 e. The number of nitrogens with one attached hydrogen (secondary N) is 1. The van der Waals surface area contributed by atoms with Crippen molar-refractivity contribution in [3.8, 4) is 17.4 Å². The summed E-state index contributed by atoms with van der Waals surface area (Å²) in [7, 11) is 0. The Labute approximate surface area is 252 Å². The van der Waals surface area contributed by atoms with Gasteiger partial charge < -0.3 is 14.5 Å². The van der Waals surface area contributed by atoms with Crippen LogP contribution in [0.15, 0.2) is 133 Å². The first kappa shape index (κ1) is 24.4. The van der Waals surface area contributed by atoms with E-state index in [0.717, 1.165) is 44.2 Å². The smallest absolute Gasteiger partial charge is 0.101 e. The number of aromatic nitrogens is 2. The molecule has 204 valence electrons. The van der Waals surface area contributed by atoms with Crippen molar-refractivity contribution in [3.63, 3.8) is 0 Å². The van der Waals surface area contributed by atoms with Crippen molar-refractivity contribution in [2.45, 2.75) is 0 Å². The second-order valence-electron chi connectivity index (χ2n) is 11.3. The molecule has 2 aromatic heterocycles. The minimum atomic E-state index is 0.521. The Balaban J connectivity index is 1.48. The summed E-state index contributed by atoms with van der Waals surface area (Å²) in [5.74, 6) is 0. The summed E-state index contributed by atoms with van der Waals surface area (Å²) in [4.78, 5) is 0. The minimum absolute atomic E-state index is 0.521. The molecule has 0 spiro atoms. The standard InChI is InChI=1S/C40H24N4/c41-23-27-21-28(24-42)38(22-37(27)43-33-15-7-5-13-31(33)32-14-6-8-16-34(32)43)44-35-19-17-25-9-1-3-11-29(25)39(35)40-30-12-4-2-10-26(30)18-20-36(40)44/h1-23,41H. The fourth-order valence-corrected chi connectivity index (χ4v) is 7.17. The van der Waals surface area contributed by atoms with Crippen molar-refractivity contribution >= 4 is 71.4 Å². The molecule has 0 bridgehead atoms. The highest BCUT2D eigenvalue weighted by atomic mass is 15.0. The zero-order chi connectivity index (χ0) is 29.4. The van der Waals surface area contributed by atoms with Crippen LogP contribution in [0.3, 0.4) is 0 Å². The maximum Gasteiger partial charge on any atom is 0.101 e. The number of fused-ring (bicyclic) bond motifs is 10. The van der Waals surface area contributed by atoms with E-state index in [0.29, 0.717) is 11.1 Å². The molecule has 0 radical (unpaired) electrons. The fraction of sp³-hybridized carbons (Fsp3) is 0. The lowest BCUT2D eigenvalue weighted by molar-refractivity contribution is 1.12. The molecule has 9 rings (SSSR count). The molecule has 0 unspecified atom stereocenters. The van der Waals surface area contributed by atoms with E-state index < -0.39 is 0 Å². The van der Waals surface area contributed by atoms with Crippen molar-refractivity contribution in [2.75, 3.05) is 0 Å². The third-order valence-electron chi connectivity index (χ3n) is 9.03. The van der Waals surface area contributed by atoms with Crippen molar-refractivity contribution in [2.24, 2.45) is 0 Å². The lowest BCUT2D eigenvalue weighted by atomic mass is 10.00. The summed E-state index contributed by atoms with van der Waals surface area (Å²) in [6, 6.07) is 48.9. The number of hydrogen-bond donors (Lipinski definition) is 1. The molecule has 44 heavy (non-hydrogen) atoms. The van der Waals surface area contributed by atoms with Crippen LogP contribution in [-0.4, -0.2) is 15.3 Å². The van der Waals surface area contributed by atoms with E-state index in [2.05, 4.69) is 143 Å². The molecule has 9 aromatic rings. The van der Waals surface area contributed by atoms with Gasteiger partial charge in [-0.2, -0.15) is 5.26 Å². The van der Waals surface area contributed by atoms with Crippen LogP contribution < -0.4 is 0 Å². The molecule has 1 N–H and O–H groups in total. The van der Waals surface area contributed by atoms with Gasteiger partial charge in [0.15, 0.2) is 0 Å². The molecule has 4 nitrogen and oxygen atoms in total. The van der Waals surface area contributed by atoms with E-state index in [1.54, 1.807) is 0 Å². The second kappa shape index (κ2) is 9.16. The summed E-state index contributed by atoms with van der Waals surface area (Å²) >= 11 is 0. The number of rotatable bonds is 3. The number of hydrogen-bond acceptors (Lipinski definition) is 2. The maximum atomic E-state index is 10.5. The summed E-state index contributed by atoms with van der Waals surface area (Å²) < 4.78 is 4.47. The first-order valence-corrected chi connectivity index (χ1v) is 14.7. The summed E-state index contributed by atoms with van der Waals surface area (Å²) in [5.41, 5.74) is 7.08. The number of nitriles is 1. The van der Waals surface area contributed by atoms with Gasteiger partial charge in [0.1, 0.15) is 6.07 Å². The van der Waals surface area contributed by atoms with E-state index >= 15 is 0 Å². The predicted molar refractivity (Wildman–Crippen MR) is 183 cm³/mol. The maximum absolute atomic E-state index is 10.5. The predicted octanol–water partition coefficient (Wildman–Crippen LogP) is 10.1. The SMILES string of the molecule is N#Cc1cc(C=N)c(-n2c3ccccc3c3ccccc32)cc1-n1c2ccc3ccccc3c2c2c3ccccc3ccc21. The highest BCUT2D eigenvalue weighted by Crippen LogP contribution is 2.42. The van der Waals surface area contributed by atoms with Crippen LogP contribution in [0.25, 0.3) is 76.5 Å². The molecule has 0 aliphatic heterocycles. The first-order chi connectivity index (χ1) is 21.8. The number of para-hydroxylation sites is 2. The summed E-state index contributed by atoms with van der Waals surface area (Å²) in [5, 5.41) is 28.3. The summed E-state index contributed by atoms with van der Waals surface area (Å²) in [6.45, 7) is 0. The van der Waals surface area contributed by atoms with Gasteiger partial charge in [-0.3, -0.25) is 0 Å². The Hall–Kier alpha value is -6.18. The molecular formula is C40H24N4. The average molecular weight is 561 g/mol. The van der Waals surface area contributed by atoms with Crippen LogP contribution in [0, 0.1) is 16.7 Å². The lowest BCUT2D eigenvalue weighted by Crippen LogP contribution is -2.05. The van der Waals surface area contributed by atoms with Gasteiger partial charge in [0, 0.05) is 33.3 Å². The third kappa shape index (κ3) is 3.24. The number of nitrogens with zero attached hydrogens (tertiary/aromatic N) is 3. The highest BCUT2D eigenvalue weighted by Gasteiger charge is 2.22. The van der Waals surface area contributed by atoms with Gasteiger partial charge in [0.25, 0.3) is 0 Å². The quantitative estimate of drug-likeness (QED) is 0.215. The van der Waals surface area contributed by atoms with E-state index in [1.807, 2.05) is 6.07 Å². The third-order valence-corrected chi connectivity index (χ3v) is 9.03. The normalized spacial score (nSPS) is 11.7. The van der Waals surface area contributed by atoms with E-state index in [1.165, 1.54) is 38.5 Å². The molecule has 7 aromatic carbocycles. The van der Waals surface area contributed by atoms with Gasteiger partial charge in [-0.25, -0.2) is 0 Å². The Morgan fingerprint density at radius 2 is 0.977 bits per heavy atom. The average Bonchev–Trinajstić information content (AvgIpc) is 3.61. The van der Waals surface area contributed by atoms with Crippen LogP contribution in [-0.2, 0) is 0 Å². The molecule has 0 aliphatic carbocycles. The lowest BCUT2D eigenvalue weighted by Gasteiger charge is -2.17. The van der Waals surface area contributed by atoms with Crippen molar-refractivity contribution in [1.82, 2.24) is 9.13 Å². The molecule has 4 heteroatoms. The van der Waals surface area contributed by atoms with Crippen LogP contribution in [0.4, 0.5) is 0 Å². The van der Waals surface area contributed by atoms with Crippen LogP contribution >= 0.6 is 0 Å². The van der Waals surface area contributed by atoms with E-state index in [4.69, 9.17) is 5.41 Å². The van der Waals surface area contributed by atoms with Crippen molar-refractivity contribution < 1.29 is 0 Å². The second-order valence-corrected chi connectivity index (χ2v) is 11.3. The molecule has 0 atom stereocenters. The monoisotopic (exact) mass is 560 g/mol. The van der Waals surface area contributed by atoms with Gasteiger partial charge in [0.2, 0.25) is 0 Å². The Bertz CT molecular complexity index is 2550. The number of benzene rings is 7. The highest BCUT2D eigenvalue weighted by molar-refractivity contribution is 6.28. The van der Waals surface area contributed by atoms with Gasteiger partial charge >= 0.3 is 0 Å². The molecule has 2 heterocycles. The van der Waals surface area contributed by atoms with Crippen LogP contribution in [0.5, 0.6) is 0 Å². The van der Waals surface area contributed by atoms with E-state index in [9.17, 15) is 5.26 Å². The fourth-order valence-electron chi connectivity index (χ4n) is 7.17. The zero-order valence-electron chi connectivity index (χ0n) is 23.6. The summed E-state index contributed by atoms with van der Waals surface area (Å²) in [6.07, 6.45) is 1.36. The molecule has 0 saturated heterocycles. The Morgan fingerprint density at radius 1 is 0.500 bits per heavy atom. The Morgan fingerprint density at radius 3 is 1.50 bits per heavy atom. The van der Waals surface area contributed by atoms with Crippen LogP contribution in [0.1, 0.15) is 11.1 Å². The van der Waals surface area contributed by atoms with E-state index in [-0.39, 0.29) is 0 Å².